The van der Waals surface area contributed by atoms with Crippen LogP contribution in [0.3, 0.4) is 0 Å². The van der Waals surface area contributed by atoms with Crippen molar-refractivity contribution in [3.63, 3.8) is 0 Å². The van der Waals surface area contributed by atoms with Crippen molar-refractivity contribution in [2.24, 2.45) is 5.73 Å². The second kappa shape index (κ2) is 6.42. The van der Waals surface area contributed by atoms with Crippen molar-refractivity contribution < 1.29 is 0 Å². The first-order chi connectivity index (χ1) is 9.11. The van der Waals surface area contributed by atoms with Crippen LogP contribution in [-0.2, 0) is 13.0 Å². The van der Waals surface area contributed by atoms with Crippen LogP contribution in [0.15, 0.2) is 30.7 Å². The van der Waals surface area contributed by atoms with E-state index in [1.54, 1.807) is 6.07 Å². The lowest BCUT2D eigenvalue weighted by Gasteiger charge is -2.13. The van der Waals surface area contributed by atoms with Crippen molar-refractivity contribution in [2.75, 3.05) is 0 Å². The molecule has 0 spiro atoms. The van der Waals surface area contributed by atoms with E-state index in [4.69, 9.17) is 28.9 Å². The molecular weight excluding hydrogens is 281 g/mol. The highest BCUT2D eigenvalue weighted by Gasteiger charge is 2.10. The summed E-state index contributed by atoms with van der Waals surface area (Å²) in [4.78, 5) is 4.17. The maximum atomic E-state index is 6.17. The van der Waals surface area contributed by atoms with Gasteiger partial charge in [-0.1, -0.05) is 36.2 Å². The van der Waals surface area contributed by atoms with Crippen molar-refractivity contribution >= 4 is 23.2 Å². The maximum Gasteiger partial charge on any atom is 0.0948 e. The number of aromatic nitrogens is 2. The molecule has 0 unspecified atom stereocenters. The van der Waals surface area contributed by atoms with Gasteiger partial charge in [0.25, 0.3) is 0 Å². The molecule has 2 N–H and O–H groups in total. The summed E-state index contributed by atoms with van der Waals surface area (Å²) in [6.07, 6.45) is 5.37. The van der Waals surface area contributed by atoms with Crippen LogP contribution in [0.5, 0.6) is 0 Å². The van der Waals surface area contributed by atoms with Gasteiger partial charge in [0.1, 0.15) is 0 Å². The van der Waals surface area contributed by atoms with Gasteiger partial charge in [0.2, 0.25) is 0 Å². The molecule has 0 aliphatic rings. The summed E-state index contributed by atoms with van der Waals surface area (Å²) in [5.41, 5.74) is 8.20. The first-order valence-electron chi connectivity index (χ1n) is 6.31. The van der Waals surface area contributed by atoms with E-state index in [1.165, 1.54) is 0 Å². The normalized spacial score (nSPS) is 12.6. The lowest BCUT2D eigenvalue weighted by atomic mass is 10.1. The highest BCUT2D eigenvalue weighted by molar-refractivity contribution is 6.35. The molecule has 0 saturated heterocycles. The molecule has 0 amide bonds. The first kappa shape index (κ1) is 14.4. The molecule has 2 aromatic rings. The molecule has 1 aromatic carbocycles. The average molecular weight is 298 g/mol. The Balaban J connectivity index is 2.08. The third-order valence-electron chi connectivity index (χ3n) is 3.20. The van der Waals surface area contributed by atoms with Gasteiger partial charge in [-0.05, 0) is 30.5 Å². The van der Waals surface area contributed by atoms with Crippen LogP contribution in [0.1, 0.15) is 30.6 Å². The number of imidazole rings is 1. The van der Waals surface area contributed by atoms with Crippen LogP contribution >= 0.6 is 23.2 Å². The third kappa shape index (κ3) is 3.50. The molecule has 0 radical (unpaired) electrons. The van der Waals surface area contributed by atoms with Gasteiger partial charge in [-0.15, -0.1) is 0 Å². The summed E-state index contributed by atoms with van der Waals surface area (Å²) in [5.74, 6) is 0. The zero-order valence-corrected chi connectivity index (χ0v) is 12.3. The number of nitrogens with zero attached hydrogens (tertiary/aromatic N) is 2. The van der Waals surface area contributed by atoms with Crippen LogP contribution < -0.4 is 5.73 Å². The Labute approximate surface area is 123 Å². The fourth-order valence-corrected chi connectivity index (χ4v) is 2.50. The largest absolute Gasteiger partial charge is 0.333 e. The Morgan fingerprint density at radius 2 is 2.16 bits per heavy atom. The third-order valence-corrected chi connectivity index (χ3v) is 3.79. The van der Waals surface area contributed by atoms with Crippen LogP contribution in [0.4, 0.5) is 0 Å². The Kier molecular flexibility index (Phi) is 4.86. The molecule has 0 saturated carbocycles. The summed E-state index contributed by atoms with van der Waals surface area (Å²) in [6.45, 7) is 2.88. The van der Waals surface area contributed by atoms with Crippen LogP contribution in [-0.4, -0.2) is 9.55 Å². The number of hydrogen-bond acceptors (Lipinski definition) is 2. The summed E-state index contributed by atoms with van der Waals surface area (Å²) in [6, 6.07) is 5.62. The lowest BCUT2D eigenvalue weighted by Crippen LogP contribution is -2.15. The number of nitrogens with two attached hydrogens (primary N) is 1. The Morgan fingerprint density at radius 1 is 1.37 bits per heavy atom. The lowest BCUT2D eigenvalue weighted by molar-refractivity contribution is 0.589. The predicted molar refractivity (Wildman–Crippen MR) is 79.6 cm³/mol. The van der Waals surface area contributed by atoms with Gasteiger partial charge >= 0.3 is 0 Å². The number of aryl methyl sites for hydroxylation is 2. The van der Waals surface area contributed by atoms with E-state index < -0.39 is 0 Å². The fraction of sp³-hybridized carbons (Fsp3) is 0.357. The van der Waals surface area contributed by atoms with E-state index in [9.17, 15) is 0 Å². The number of rotatable bonds is 5. The van der Waals surface area contributed by atoms with Crippen molar-refractivity contribution in [1.82, 2.24) is 9.55 Å². The van der Waals surface area contributed by atoms with Gasteiger partial charge in [0.05, 0.1) is 12.0 Å². The molecule has 0 aliphatic heterocycles. The van der Waals surface area contributed by atoms with Gasteiger partial charge in [-0.25, -0.2) is 4.98 Å². The van der Waals surface area contributed by atoms with Crippen molar-refractivity contribution in [3.8, 4) is 0 Å². The highest BCUT2D eigenvalue weighted by atomic mass is 35.5. The van der Waals surface area contributed by atoms with E-state index >= 15 is 0 Å². The molecule has 5 heteroatoms. The minimum absolute atomic E-state index is 0.0307. The van der Waals surface area contributed by atoms with Crippen molar-refractivity contribution in [1.29, 1.82) is 0 Å². The number of benzene rings is 1. The molecule has 102 valence electrons. The topological polar surface area (TPSA) is 43.8 Å². The zero-order chi connectivity index (χ0) is 13.8. The monoisotopic (exact) mass is 297 g/mol. The quantitative estimate of drug-likeness (QED) is 0.911. The first-order valence-corrected chi connectivity index (χ1v) is 7.07. The van der Waals surface area contributed by atoms with Crippen LogP contribution in [0.25, 0.3) is 0 Å². The van der Waals surface area contributed by atoms with Gasteiger partial charge in [-0.2, -0.15) is 0 Å². The van der Waals surface area contributed by atoms with E-state index in [1.807, 2.05) is 24.7 Å². The molecule has 0 bridgehead atoms. The minimum atomic E-state index is 0.0307. The molecule has 1 heterocycles. The molecule has 1 atom stereocenters. The molecule has 0 fully saturated rings. The molecule has 2 rings (SSSR count). The summed E-state index contributed by atoms with van der Waals surface area (Å²) in [7, 11) is 0. The Hall–Kier alpha value is -1.03. The minimum Gasteiger partial charge on any atom is -0.333 e. The number of hydrogen-bond donors (Lipinski definition) is 1. The smallest absolute Gasteiger partial charge is 0.0948 e. The predicted octanol–water partition coefficient (Wildman–Crippen LogP) is 3.84. The Bertz CT molecular complexity index is 551. The standard InChI is InChI=1S/C14H17Cl2N3/c1-2-13(17)14-8-18-9-19(14)6-5-10-3-4-11(15)7-12(10)16/h3-4,7-9,13H,2,5-6,17H2,1H3/t13-/m1/s1. The zero-order valence-electron chi connectivity index (χ0n) is 10.8. The molecule has 19 heavy (non-hydrogen) atoms. The summed E-state index contributed by atoms with van der Waals surface area (Å²) >= 11 is 12.1. The van der Waals surface area contributed by atoms with E-state index in [-0.39, 0.29) is 6.04 Å². The van der Waals surface area contributed by atoms with Crippen molar-refractivity contribution in [2.45, 2.75) is 32.4 Å². The summed E-state index contributed by atoms with van der Waals surface area (Å²) in [5, 5.41) is 1.36. The molecule has 0 aliphatic carbocycles. The number of halogens is 2. The SMILES string of the molecule is CC[C@@H](N)c1cncn1CCc1ccc(Cl)cc1Cl. The maximum absolute atomic E-state index is 6.17. The van der Waals surface area contributed by atoms with Crippen LogP contribution in [0.2, 0.25) is 10.0 Å². The second-order valence-corrected chi connectivity index (χ2v) is 5.36. The Morgan fingerprint density at radius 3 is 2.84 bits per heavy atom. The van der Waals surface area contributed by atoms with E-state index in [2.05, 4.69) is 16.5 Å². The molecule has 3 nitrogen and oxygen atoms in total. The van der Waals surface area contributed by atoms with Crippen molar-refractivity contribution in [3.05, 3.63) is 52.0 Å². The van der Waals surface area contributed by atoms with Gasteiger partial charge in [0.15, 0.2) is 0 Å². The van der Waals surface area contributed by atoms with Crippen LogP contribution in [0, 0.1) is 0 Å². The van der Waals surface area contributed by atoms with E-state index in [0.29, 0.717) is 10.0 Å². The fourth-order valence-electron chi connectivity index (χ4n) is 2.00. The summed E-state index contributed by atoms with van der Waals surface area (Å²) < 4.78 is 2.08. The van der Waals surface area contributed by atoms with E-state index in [0.717, 1.165) is 30.6 Å². The second-order valence-electron chi connectivity index (χ2n) is 4.51. The van der Waals surface area contributed by atoms with Gasteiger partial charge in [0, 0.05) is 28.8 Å². The highest BCUT2D eigenvalue weighted by Crippen LogP contribution is 2.22. The molecular formula is C14H17Cl2N3. The van der Waals surface area contributed by atoms with Gasteiger partial charge in [-0.3, -0.25) is 0 Å². The molecule has 1 aromatic heterocycles. The average Bonchev–Trinajstić information content (AvgIpc) is 2.85. The van der Waals surface area contributed by atoms with Gasteiger partial charge < -0.3 is 10.3 Å².